The Hall–Kier alpha value is -3.79. The van der Waals surface area contributed by atoms with Gasteiger partial charge in [0.1, 0.15) is 17.4 Å². The van der Waals surface area contributed by atoms with E-state index in [1.807, 2.05) is 43.3 Å². The number of carbonyl (C=O) groups excluding carboxylic acids is 1. The highest BCUT2D eigenvalue weighted by atomic mass is 19.4. The van der Waals surface area contributed by atoms with Gasteiger partial charge in [-0.3, -0.25) is 4.79 Å². The Bertz CT molecular complexity index is 1160. The molecule has 152 valence electrons. The van der Waals surface area contributed by atoms with E-state index in [0.29, 0.717) is 17.9 Å². The highest BCUT2D eigenvalue weighted by Gasteiger charge is 2.30. The van der Waals surface area contributed by atoms with Crippen LogP contribution in [0.4, 0.5) is 18.9 Å². The Kier molecular flexibility index (Phi) is 6.07. The van der Waals surface area contributed by atoms with Gasteiger partial charge >= 0.3 is 6.18 Å². The molecule has 0 aliphatic carbocycles. The van der Waals surface area contributed by atoms with Crippen molar-refractivity contribution in [1.29, 1.82) is 5.26 Å². The number of nitrogens with zero attached hydrogens (tertiary/aromatic N) is 1. The molecule has 1 amide bonds. The molecule has 0 aliphatic heterocycles. The van der Waals surface area contributed by atoms with E-state index in [2.05, 4.69) is 5.32 Å². The first-order valence-corrected chi connectivity index (χ1v) is 9.08. The zero-order valence-electron chi connectivity index (χ0n) is 16.0. The summed E-state index contributed by atoms with van der Waals surface area (Å²) in [6.45, 7) is 2.20. The molecule has 0 fully saturated rings. The normalized spacial score (nSPS) is 11.8. The van der Waals surface area contributed by atoms with Gasteiger partial charge in [0.2, 0.25) is 0 Å². The summed E-state index contributed by atoms with van der Waals surface area (Å²) in [7, 11) is 0. The standard InChI is InChI=1S/C23H17F3N2O2/c1-2-30-21-11-10-15-6-3-4-9-19(15)20(21)12-16(14-27)22(29)28-18-8-5-7-17(13-18)23(24,25)26/h3-13H,2H2,1H3,(H,28,29)/b16-12+. The van der Waals surface area contributed by atoms with Gasteiger partial charge in [-0.2, -0.15) is 18.4 Å². The van der Waals surface area contributed by atoms with Crippen LogP contribution in [0, 0.1) is 11.3 Å². The molecule has 4 nitrogen and oxygen atoms in total. The first-order valence-electron chi connectivity index (χ1n) is 9.08. The van der Waals surface area contributed by atoms with Gasteiger partial charge < -0.3 is 10.1 Å². The van der Waals surface area contributed by atoms with E-state index < -0.39 is 17.6 Å². The monoisotopic (exact) mass is 410 g/mol. The Morgan fingerprint density at radius 3 is 2.60 bits per heavy atom. The molecule has 0 bridgehead atoms. The SMILES string of the molecule is CCOc1ccc2ccccc2c1/C=C(\C#N)C(=O)Nc1cccc(C(F)(F)F)c1. The second-order valence-electron chi connectivity index (χ2n) is 6.33. The second-order valence-corrected chi connectivity index (χ2v) is 6.33. The minimum atomic E-state index is -4.54. The van der Waals surface area contributed by atoms with Gasteiger partial charge in [0.05, 0.1) is 12.2 Å². The van der Waals surface area contributed by atoms with E-state index in [1.165, 1.54) is 18.2 Å². The number of nitriles is 1. The summed E-state index contributed by atoms with van der Waals surface area (Å²) in [4.78, 5) is 12.6. The van der Waals surface area contributed by atoms with E-state index in [9.17, 15) is 23.2 Å². The molecule has 0 atom stereocenters. The van der Waals surface area contributed by atoms with Gasteiger partial charge in [-0.15, -0.1) is 0 Å². The number of nitrogens with one attached hydrogen (secondary N) is 1. The molecule has 3 aromatic rings. The smallest absolute Gasteiger partial charge is 0.416 e. The van der Waals surface area contributed by atoms with Crippen molar-refractivity contribution in [3.63, 3.8) is 0 Å². The molecule has 30 heavy (non-hydrogen) atoms. The minimum Gasteiger partial charge on any atom is -0.493 e. The van der Waals surface area contributed by atoms with Crippen molar-refractivity contribution in [1.82, 2.24) is 0 Å². The van der Waals surface area contributed by atoms with Gasteiger partial charge in [-0.05, 0) is 48.0 Å². The van der Waals surface area contributed by atoms with Crippen LogP contribution in [0.2, 0.25) is 0 Å². The number of amides is 1. The number of fused-ring (bicyclic) bond motifs is 1. The Morgan fingerprint density at radius 2 is 1.90 bits per heavy atom. The average Bonchev–Trinajstić information content (AvgIpc) is 2.72. The van der Waals surface area contributed by atoms with E-state index in [0.717, 1.165) is 22.9 Å². The van der Waals surface area contributed by atoms with Crippen molar-refractivity contribution < 1.29 is 22.7 Å². The molecular formula is C23H17F3N2O2. The van der Waals surface area contributed by atoms with Crippen molar-refractivity contribution >= 4 is 28.4 Å². The number of benzene rings is 3. The lowest BCUT2D eigenvalue weighted by Crippen LogP contribution is -2.14. The first kappa shape index (κ1) is 20.9. The summed E-state index contributed by atoms with van der Waals surface area (Å²) in [5.74, 6) is -0.317. The molecule has 0 heterocycles. The highest BCUT2D eigenvalue weighted by Crippen LogP contribution is 2.32. The third kappa shape index (κ3) is 4.61. The number of halogens is 3. The van der Waals surface area contributed by atoms with Crippen LogP contribution >= 0.6 is 0 Å². The maximum Gasteiger partial charge on any atom is 0.416 e. The predicted molar refractivity (Wildman–Crippen MR) is 109 cm³/mol. The van der Waals surface area contributed by atoms with Gasteiger partial charge in [0.25, 0.3) is 5.91 Å². The first-order chi connectivity index (χ1) is 14.3. The second kappa shape index (κ2) is 8.70. The molecule has 0 spiro atoms. The van der Waals surface area contributed by atoms with Crippen LogP contribution in [0.5, 0.6) is 5.75 Å². The third-order valence-electron chi connectivity index (χ3n) is 4.33. The Balaban J connectivity index is 1.99. The maximum atomic E-state index is 12.9. The minimum absolute atomic E-state index is 0.0565. The summed E-state index contributed by atoms with van der Waals surface area (Å²) < 4.78 is 44.3. The molecule has 0 saturated carbocycles. The van der Waals surface area contributed by atoms with Crippen molar-refractivity contribution in [2.24, 2.45) is 0 Å². The molecule has 0 aromatic heterocycles. The zero-order valence-corrected chi connectivity index (χ0v) is 16.0. The zero-order chi connectivity index (χ0) is 21.7. The molecule has 3 aromatic carbocycles. The van der Waals surface area contributed by atoms with Crippen LogP contribution in [0.1, 0.15) is 18.1 Å². The topological polar surface area (TPSA) is 62.1 Å². The van der Waals surface area contributed by atoms with E-state index in [1.54, 1.807) is 6.07 Å². The highest BCUT2D eigenvalue weighted by molar-refractivity contribution is 6.11. The summed E-state index contributed by atoms with van der Waals surface area (Å²) in [5, 5.41) is 13.5. The number of hydrogen-bond acceptors (Lipinski definition) is 3. The number of anilines is 1. The van der Waals surface area contributed by atoms with Crippen LogP contribution in [0.15, 0.2) is 66.2 Å². The molecule has 7 heteroatoms. The lowest BCUT2D eigenvalue weighted by molar-refractivity contribution is -0.137. The molecule has 0 saturated heterocycles. The summed E-state index contributed by atoms with van der Waals surface area (Å²) in [5.41, 5.74) is -0.662. The largest absolute Gasteiger partial charge is 0.493 e. The van der Waals surface area contributed by atoms with Gasteiger partial charge in [-0.25, -0.2) is 0 Å². The van der Waals surface area contributed by atoms with Gasteiger partial charge in [0.15, 0.2) is 0 Å². The molecular weight excluding hydrogens is 393 g/mol. The van der Waals surface area contributed by atoms with Crippen LogP contribution in [-0.4, -0.2) is 12.5 Å². The van der Waals surface area contributed by atoms with Crippen LogP contribution < -0.4 is 10.1 Å². The van der Waals surface area contributed by atoms with Gasteiger partial charge in [-0.1, -0.05) is 36.4 Å². The summed E-state index contributed by atoms with van der Waals surface area (Å²) in [6.07, 6.45) is -3.15. The lowest BCUT2D eigenvalue weighted by atomic mass is 10.0. The predicted octanol–water partition coefficient (Wildman–Crippen LogP) is 5.80. The molecule has 0 radical (unpaired) electrons. The van der Waals surface area contributed by atoms with Crippen LogP contribution in [0.3, 0.4) is 0 Å². The summed E-state index contributed by atoms with van der Waals surface area (Å²) in [6, 6.07) is 17.1. The molecule has 1 N–H and O–H groups in total. The van der Waals surface area contributed by atoms with Crippen LogP contribution in [0.25, 0.3) is 16.8 Å². The number of carbonyl (C=O) groups is 1. The van der Waals surface area contributed by atoms with Crippen LogP contribution in [-0.2, 0) is 11.0 Å². The maximum absolute atomic E-state index is 12.9. The van der Waals surface area contributed by atoms with E-state index in [4.69, 9.17) is 4.74 Å². The van der Waals surface area contributed by atoms with Crippen molar-refractivity contribution in [3.05, 3.63) is 77.4 Å². The lowest BCUT2D eigenvalue weighted by Gasteiger charge is -2.12. The third-order valence-corrected chi connectivity index (χ3v) is 4.33. The average molecular weight is 410 g/mol. The number of rotatable bonds is 5. The Labute approximate surface area is 171 Å². The fourth-order valence-corrected chi connectivity index (χ4v) is 2.97. The molecule has 3 rings (SSSR count). The number of alkyl halides is 3. The summed E-state index contributed by atoms with van der Waals surface area (Å²) >= 11 is 0. The fraction of sp³-hybridized carbons (Fsp3) is 0.130. The van der Waals surface area contributed by atoms with Crippen molar-refractivity contribution in [3.8, 4) is 11.8 Å². The number of ether oxygens (including phenoxy) is 1. The fourth-order valence-electron chi connectivity index (χ4n) is 2.97. The van der Waals surface area contributed by atoms with E-state index >= 15 is 0 Å². The molecule has 0 aliphatic rings. The van der Waals surface area contributed by atoms with E-state index in [-0.39, 0.29) is 11.3 Å². The molecule has 0 unspecified atom stereocenters. The Morgan fingerprint density at radius 1 is 1.13 bits per heavy atom. The quantitative estimate of drug-likeness (QED) is 0.427. The van der Waals surface area contributed by atoms with Crippen molar-refractivity contribution in [2.75, 3.05) is 11.9 Å². The van der Waals surface area contributed by atoms with Crippen molar-refractivity contribution in [2.45, 2.75) is 13.1 Å². The van der Waals surface area contributed by atoms with Gasteiger partial charge in [0, 0.05) is 11.3 Å². The number of hydrogen-bond donors (Lipinski definition) is 1.